The van der Waals surface area contributed by atoms with E-state index in [1.807, 2.05) is 0 Å². The zero-order valence-electron chi connectivity index (χ0n) is 17.0. The second kappa shape index (κ2) is 9.97. The van der Waals surface area contributed by atoms with Crippen LogP contribution in [0, 0.1) is 11.3 Å². The maximum absolute atomic E-state index is 13.3. The van der Waals surface area contributed by atoms with Crippen LogP contribution < -0.4 is 4.74 Å². The lowest BCUT2D eigenvalue weighted by Crippen LogP contribution is -2.10. The van der Waals surface area contributed by atoms with Crippen LogP contribution in [0.1, 0.15) is 34.6 Å². The van der Waals surface area contributed by atoms with E-state index in [0.717, 1.165) is 6.07 Å². The number of aliphatic hydroxyl groups is 4. The van der Waals surface area contributed by atoms with Gasteiger partial charge in [-0.2, -0.15) is 18.4 Å². The molecule has 3 rings (SSSR count). The van der Waals surface area contributed by atoms with Gasteiger partial charge in [-0.25, -0.2) is 4.98 Å². The molecule has 1 heterocycles. The van der Waals surface area contributed by atoms with Crippen LogP contribution in [0.15, 0.2) is 54.6 Å². The van der Waals surface area contributed by atoms with Crippen molar-refractivity contribution in [3.63, 3.8) is 0 Å². The Labute approximate surface area is 186 Å². The molecular weight excluding hydrogens is 441 g/mol. The van der Waals surface area contributed by atoms with Gasteiger partial charge in [0.1, 0.15) is 23.7 Å². The first-order chi connectivity index (χ1) is 15.7. The minimum Gasteiger partial charge on any atom is -0.457 e. The van der Waals surface area contributed by atoms with Gasteiger partial charge in [-0.15, -0.1) is 0 Å². The second-order valence-corrected chi connectivity index (χ2v) is 7.05. The van der Waals surface area contributed by atoms with Crippen molar-refractivity contribution in [3.8, 4) is 28.8 Å². The Balaban J connectivity index is 1.94. The van der Waals surface area contributed by atoms with Crippen LogP contribution in [0.5, 0.6) is 11.5 Å². The molecule has 0 fully saturated rings. The Morgan fingerprint density at radius 3 is 2.18 bits per heavy atom. The third-order valence-electron chi connectivity index (χ3n) is 4.73. The Bertz CT molecular complexity index is 1130. The second-order valence-electron chi connectivity index (χ2n) is 7.05. The fourth-order valence-electron chi connectivity index (χ4n) is 3.01. The van der Waals surface area contributed by atoms with E-state index in [4.69, 9.17) is 10.00 Å². The molecule has 0 saturated heterocycles. The van der Waals surface area contributed by atoms with Gasteiger partial charge in [0.05, 0.1) is 41.8 Å². The molecule has 0 radical (unpaired) electrons. The molecule has 0 bridgehead atoms. The lowest BCUT2D eigenvalue weighted by Gasteiger charge is -2.16. The van der Waals surface area contributed by atoms with Crippen molar-refractivity contribution >= 4 is 0 Å². The SMILES string of the molecule is N#Cc1ccc(Oc2ccc(-c3cc([C@H](O)CO)cc([C@H](O)CO)n3)cc2)c(C(F)(F)F)c1. The van der Waals surface area contributed by atoms with E-state index in [1.165, 1.54) is 42.5 Å². The van der Waals surface area contributed by atoms with Gasteiger partial charge in [0.15, 0.2) is 0 Å². The molecule has 4 N–H and O–H groups in total. The zero-order chi connectivity index (χ0) is 24.2. The van der Waals surface area contributed by atoms with Crippen LogP contribution in [0.25, 0.3) is 11.3 Å². The predicted molar refractivity (Wildman–Crippen MR) is 110 cm³/mol. The van der Waals surface area contributed by atoms with Crippen LogP contribution in [0.2, 0.25) is 0 Å². The van der Waals surface area contributed by atoms with E-state index in [9.17, 15) is 33.6 Å². The maximum Gasteiger partial charge on any atom is 0.420 e. The average Bonchev–Trinajstić information content (AvgIpc) is 2.82. The highest BCUT2D eigenvalue weighted by Gasteiger charge is 2.35. The lowest BCUT2D eigenvalue weighted by atomic mass is 10.0. The summed E-state index contributed by atoms with van der Waals surface area (Å²) in [7, 11) is 0. The van der Waals surface area contributed by atoms with Crippen molar-refractivity contribution in [3.05, 3.63) is 77.0 Å². The standard InChI is InChI=1S/C23H19F3N2O5/c24-23(25,26)17-7-13(10-27)1-6-22(17)33-16-4-2-14(3-5-16)18-8-15(20(31)11-29)9-19(28-18)21(32)12-30/h1-9,20-21,29-32H,11-12H2/t20-,21-/m1/s1. The Hall–Kier alpha value is -3.49. The van der Waals surface area contributed by atoms with E-state index in [0.29, 0.717) is 17.3 Å². The van der Waals surface area contributed by atoms with Gasteiger partial charge >= 0.3 is 6.18 Å². The molecule has 1 aromatic heterocycles. The number of nitriles is 1. The highest BCUT2D eigenvalue weighted by atomic mass is 19.4. The van der Waals surface area contributed by atoms with Crippen molar-refractivity contribution in [2.24, 2.45) is 0 Å². The Morgan fingerprint density at radius 1 is 0.939 bits per heavy atom. The molecule has 7 nitrogen and oxygen atoms in total. The third kappa shape index (κ3) is 5.66. The van der Waals surface area contributed by atoms with E-state index in [-0.39, 0.29) is 22.6 Å². The Morgan fingerprint density at radius 2 is 1.61 bits per heavy atom. The summed E-state index contributed by atoms with van der Waals surface area (Å²) < 4.78 is 45.4. The van der Waals surface area contributed by atoms with Crippen molar-refractivity contribution < 1.29 is 38.3 Å². The number of aromatic nitrogens is 1. The topological polar surface area (TPSA) is 127 Å². The first kappa shape index (κ1) is 24.2. The smallest absolute Gasteiger partial charge is 0.420 e. The number of halogens is 3. The van der Waals surface area contributed by atoms with E-state index >= 15 is 0 Å². The van der Waals surface area contributed by atoms with Crippen LogP contribution in [-0.4, -0.2) is 38.6 Å². The fraction of sp³-hybridized carbons (Fsp3) is 0.217. The maximum atomic E-state index is 13.3. The number of nitrogens with zero attached hydrogens (tertiary/aromatic N) is 2. The monoisotopic (exact) mass is 460 g/mol. The Kier molecular flexibility index (Phi) is 7.30. The molecule has 0 unspecified atom stereocenters. The number of pyridine rings is 1. The van der Waals surface area contributed by atoms with Crippen LogP contribution in [0.4, 0.5) is 13.2 Å². The van der Waals surface area contributed by atoms with Crippen LogP contribution in [-0.2, 0) is 6.18 Å². The fourth-order valence-corrected chi connectivity index (χ4v) is 3.01. The largest absolute Gasteiger partial charge is 0.457 e. The van der Waals surface area contributed by atoms with Gasteiger partial charge in [0, 0.05) is 5.56 Å². The third-order valence-corrected chi connectivity index (χ3v) is 4.73. The van der Waals surface area contributed by atoms with E-state index in [1.54, 1.807) is 6.07 Å². The molecule has 10 heteroatoms. The zero-order valence-corrected chi connectivity index (χ0v) is 17.0. The molecule has 0 aliphatic rings. The lowest BCUT2D eigenvalue weighted by molar-refractivity contribution is -0.138. The predicted octanol–water partition coefficient (Wildman–Crippen LogP) is 3.48. The number of alkyl halides is 3. The molecule has 33 heavy (non-hydrogen) atoms. The molecular formula is C23H19F3N2O5. The van der Waals surface area contributed by atoms with Crippen molar-refractivity contribution in [2.75, 3.05) is 13.2 Å². The quantitative estimate of drug-likeness (QED) is 0.425. The minimum atomic E-state index is -4.72. The van der Waals surface area contributed by atoms with Crippen molar-refractivity contribution in [1.29, 1.82) is 5.26 Å². The summed E-state index contributed by atoms with van der Waals surface area (Å²) in [6.45, 7) is -1.18. The van der Waals surface area contributed by atoms with E-state index < -0.39 is 42.9 Å². The number of rotatable bonds is 7. The number of hydrogen-bond acceptors (Lipinski definition) is 7. The van der Waals surface area contributed by atoms with Gasteiger partial charge in [-0.05, 0) is 60.2 Å². The minimum absolute atomic E-state index is 0.0743. The number of hydrogen-bond donors (Lipinski definition) is 4. The summed E-state index contributed by atoms with van der Waals surface area (Å²) in [4.78, 5) is 4.25. The molecule has 0 aliphatic heterocycles. The molecule has 2 aromatic carbocycles. The summed E-state index contributed by atoms with van der Waals surface area (Å²) in [5.41, 5.74) is -0.120. The average molecular weight is 460 g/mol. The first-order valence-corrected chi connectivity index (χ1v) is 9.65. The van der Waals surface area contributed by atoms with Gasteiger partial charge < -0.3 is 25.2 Å². The number of ether oxygens (including phenoxy) is 1. The number of aliphatic hydroxyl groups excluding tert-OH is 4. The summed E-state index contributed by atoms with van der Waals surface area (Å²) in [5, 5.41) is 47.2. The normalized spacial score (nSPS) is 13.3. The molecule has 172 valence electrons. The van der Waals surface area contributed by atoms with E-state index in [2.05, 4.69) is 4.98 Å². The highest BCUT2D eigenvalue weighted by molar-refractivity contribution is 5.62. The molecule has 0 saturated carbocycles. The van der Waals surface area contributed by atoms with Crippen molar-refractivity contribution in [2.45, 2.75) is 18.4 Å². The van der Waals surface area contributed by atoms with Gasteiger partial charge in [-0.3, -0.25) is 0 Å². The molecule has 0 aliphatic carbocycles. The first-order valence-electron chi connectivity index (χ1n) is 9.65. The summed E-state index contributed by atoms with van der Waals surface area (Å²) >= 11 is 0. The summed E-state index contributed by atoms with van der Waals surface area (Å²) in [6, 6.07) is 13.3. The summed E-state index contributed by atoms with van der Waals surface area (Å²) in [5.74, 6) is -0.370. The molecule has 0 spiro atoms. The molecule has 3 aromatic rings. The molecule has 0 amide bonds. The van der Waals surface area contributed by atoms with Gasteiger partial charge in [0.2, 0.25) is 0 Å². The van der Waals surface area contributed by atoms with Crippen LogP contribution in [0.3, 0.4) is 0 Å². The van der Waals surface area contributed by atoms with Gasteiger partial charge in [0.25, 0.3) is 0 Å². The van der Waals surface area contributed by atoms with Crippen molar-refractivity contribution in [1.82, 2.24) is 4.98 Å². The number of benzene rings is 2. The van der Waals surface area contributed by atoms with Crippen LogP contribution >= 0.6 is 0 Å². The summed E-state index contributed by atoms with van der Waals surface area (Å²) in [6.07, 6.45) is -7.27. The van der Waals surface area contributed by atoms with Gasteiger partial charge in [-0.1, -0.05) is 0 Å². The molecule has 2 atom stereocenters. The highest BCUT2D eigenvalue weighted by Crippen LogP contribution is 2.39.